The fourth-order valence-corrected chi connectivity index (χ4v) is 1.90. The van der Waals surface area contributed by atoms with Crippen LogP contribution in [0.2, 0.25) is 0 Å². The number of nitrogens with zero attached hydrogens (tertiary/aromatic N) is 2. The van der Waals surface area contributed by atoms with E-state index >= 15 is 0 Å². The van der Waals surface area contributed by atoms with Crippen LogP contribution in [0.1, 0.15) is 30.3 Å². The highest BCUT2D eigenvalue weighted by atomic mass is 15.0. The van der Waals surface area contributed by atoms with E-state index in [9.17, 15) is 0 Å². The standard InChI is InChI=1S/C10H16N4/c1-2-3-8-7-4-5-12-6-9(7)14-10(11)13-8/h12H,2-6H2,1H3,(H2,11,13,14). The lowest BCUT2D eigenvalue weighted by Gasteiger charge is -2.18. The number of anilines is 1. The number of aromatic nitrogens is 2. The average Bonchev–Trinajstić information content (AvgIpc) is 2.18. The van der Waals surface area contributed by atoms with Gasteiger partial charge in [0.1, 0.15) is 0 Å². The van der Waals surface area contributed by atoms with Crippen LogP contribution in [0, 0.1) is 0 Å². The third-order valence-corrected chi connectivity index (χ3v) is 2.53. The molecule has 0 spiro atoms. The van der Waals surface area contributed by atoms with Gasteiger partial charge in [0.25, 0.3) is 0 Å². The molecule has 0 amide bonds. The van der Waals surface area contributed by atoms with Crippen LogP contribution in [0.3, 0.4) is 0 Å². The second-order valence-corrected chi connectivity index (χ2v) is 3.63. The molecular formula is C10H16N4. The van der Waals surface area contributed by atoms with Crippen molar-refractivity contribution in [2.75, 3.05) is 12.3 Å². The molecule has 0 fully saturated rings. The van der Waals surface area contributed by atoms with Gasteiger partial charge in [-0.3, -0.25) is 0 Å². The van der Waals surface area contributed by atoms with E-state index in [4.69, 9.17) is 5.73 Å². The Balaban J connectivity index is 2.41. The Morgan fingerprint density at radius 3 is 3.07 bits per heavy atom. The Morgan fingerprint density at radius 1 is 1.43 bits per heavy atom. The number of nitrogens with two attached hydrogens (primary N) is 1. The highest BCUT2D eigenvalue weighted by Gasteiger charge is 2.15. The van der Waals surface area contributed by atoms with E-state index < -0.39 is 0 Å². The van der Waals surface area contributed by atoms with Crippen molar-refractivity contribution in [3.63, 3.8) is 0 Å². The topological polar surface area (TPSA) is 63.8 Å². The third-order valence-electron chi connectivity index (χ3n) is 2.53. The minimum Gasteiger partial charge on any atom is -0.368 e. The Hall–Kier alpha value is -1.16. The molecule has 2 rings (SSSR count). The van der Waals surface area contributed by atoms with Gasteiger partial charge in [-0.1, -0.05) is 13.3 Å². The number of fused-ring (bicyclic) bond motifs is 1. The van der Waals surface area contributed by atoms with Gasteiger partial charge in [-0.05, 0) is 24.9 Å². The molecule has 4 nitrogen and oxygen atoms in total. The monoisotopic (exact) mass is 192 g/mol. The third kappa shape index (κ3) is 1.70. The van der Waals surface area contributed by atoms with Crippen molar-refractivity contribution < 1.29 is 0 Å². The van der Waals surface area contributed by atoms with Crippen molar-refractivity contribution in [3.8, 4) is 0 Å². The summed E-state index contributed by atoms with van der Waals surface area (Å²) in [5.74, 6) is 0.413. The maximum absolute atomic E-state index is 5.66. The lowest BCUT2D eigenvalue weighted by Crippen LogP contribution is -2.27. The zero-order valence-corrected chi connectivity index (χ0v) is 8.51. The molecule has 0 atom stereocenters. The van der Waals surface area contributed by atoms with Gasteiger partial charge in [0.05, 0.1) is 5.69 Å². The van der Waals surface area contributed by atoms with Gasteiger partial charge in [0, 0.05) is 12.2 Å². The summed E-state index contributed by atoms with van der Waals surface area (Å²) in [6, 6.07) is 0. The SMILES string of the molecule is CCCc1nc(N)nc2c1CCNC2. The number of nitrogens with one attached hydrogen (secondary N) is 1. The predicted molar refractivity (Wildman–Crippen MR) is 55.9 cm³/mol. The summed E-state index contributed by atoms with van der Waals surface area (Å²) in [5, 5.41) is 3.29. The summed E-state index contributed by atoms with van der Waals surface area (Å²) < 4.78 is 0. The van der Waals surface area contributed by atoms with Gasteiger partial charge < -0.3 is 11.1 Å². The normalized spacial score (nSPS) is 15.2. The Morgan fingerprint density at radius 2 is 2.29 bits per heavy atom. The fourth-order valence-electron chi connectivity index (χ4n) is 1.90. The molecule has 0 unspecified atom stereocenters. The van der Waals surface area contributed by atoms with E-state index in [1.54, 1.807) is 0 Å². The molecule has 4 heteroatoms. The summed E-state index contributed by atoms with van der Waals surface area (Å²) in [6.45, 7) is 4.02. The highest BCUT2D eigenvalue weighted by molar-refractivity contribution is 5.33. The molecule has 1 aliphatic heterocycles. The van der Waals surface area contributed by atoms with Crippen LogP contribution in [0.25, 0.3) is 0 Å². The first-order chi connectivity index (χ1) is 6.81. The Labute approximate surface area is 83.9 Å². The average molecular weight is 192 g/mol. The number of hydrogen-bond donors (Lipinski definition) is 2. The van der Waals surface area contributed by atoms with Gasteiger partial charge in [0.2, 0.25) is 5.95 Å². The molecule has 1 aliphatic rings. The van der Waals surface area contributed by atoms with Crippen LogP contribution < -0.4 is 11.1 Å². The van der Waals surface area contributed by atoms with Crippen molar-refractivity contribution in [1.29, 1.82) is 0 Å². The van der Waals surface area contributed by atoms with Gasteiger partial charge in [-0.2, -0.15) is 0 Å². The van der Waals surface area contributed by atoms with E-state index in [-0.39, 0.29) is 0 Å². The Kier molecular flexibility index (Phi) is 2.63. The van der Waals surface area contributed by atoms with Crippen molar-refractivity contribution in [2.24, 2.45) is 0 Å². The van der Waals surface area contributed by atoms with Crippen molar-refractivity contribution in [3.05, 3.63) is 17.0 Å². The largest absolute Gasteiger partial charge is 0.368 e. The number of hydrogen-bond acceptors (Lipinski definition) is 4. The molecular weight excluding hydrogens is 176 g/mol. The molecule has 1 aromatic rings. The molecule has 3 N–H and O–H groups in total. The molecule has 2 heterocycles. The number of nitrogen functional groups attached to an aromatic ring is 1. The van der Waals surface area contributed by atoms with Crippen LogP contribution in [0.5, 0.6) is 0 Å². The second kappa shape index (κ2) is 3.92. The first-order valence-corrected chi connectivity index (χ1v) is 5.16. The predicted octanol–water partition coefficient (Wildman–Crippen LogP) is 0.657. The smallest absolute Gasteiger partial charge is 0.220 e. The van der Waals surface area contributed by atoms with Crippen LogP contribution in [-0.4, -0.2) is 16.5 Å². The molecule has 0 aliphatic carbocycles. The number of aryl methyl sites for hydroxylation is 1. The van der Waals surface area contributed by atoms with Crippen LogP contribution >= 0.6 is 0 Å². The van der Waals surface area contributed by atoms with Crippen LogP contribution in [-0.2, 0) is 19.4 Å². The van der Waals surface area contributed by atoms with Crippen molar-refractivity contribution in [2.45, 2.75) is 32.7 Å². The molecule has 14 heavy (non-hydrogen) atoms. The zero-order valence-electron chi connectivity index (χ0n) is 8.51. The van der Waals surface area contributed by atoms with E-state index in [0.717, 1.165) is 43.7 Å². The molecule has 0 bridgehead atoms. The minimum absolute atomic E-state index is 0.413. The van der Waals surface area contributed by atoms with E-state index in [2.05, 4.69) is 22.2 Å². The molecule has 0 saturated carbocycles. The summed E-state index contributed by atoms with van der Waals surface area (Å²) in [4.78, 5) is 8.58. The van der Waals surface area contributed by atoms with E-state index in [1.807, 2.05) is 0 Å². The molecule has 0 saturated heterocycles. The van der Waals surface area contributed by atoms with E-state index in [1.165, 1.54) is 5.56 Å². The molecule has 0 aromatic carbocycles. The van der Waals surface area contributed by atoms with Crippen LogP contribution in [0.15, 0.2) is 0 Å². The summed E-state index contributed by atoms with van der Waals surface area (Å²) in [7, 11) is 0. The fraction of sp³-hybridized carbons (Fsp3) is 0.600. The van der Waals surface area contributed by atoms with Crippen molar-refractivity contribution >= 4 is 5.95 Å². The molecule has 1 aromatic heterocycles. The van der Waals surface area contributed by atoms with Crippen LogP contribution in [0.4, 0.5) is 5.95 Å². The lowest BCUT2D eigenvalue weighted by molar-refractivity contribution is 0.615. The van der Waals surface area contributed by atoms with Gasteiger partial charge in [-0.25, -0.2) is 9.97 Å². The molecule has 76 valence electrons. The van der Waals surface area contributed by atoms with Crippen molar-refractivity contribution in [1.82, 2.24) is 15.3 Å². The van der Waals surface area contributed by atoms with E-state index in [0.29, 0.717) is 5.95 Å². The summed E-state index contributed by atoms with van der Waals surface area (Å²) in [6.07, 6.45) is 3.15. The van der Waals surface area contributed by atoms with Gasteiger partial charge >= 0.3 is 0 Å². The summed E-state index contributed by atoms with van der Waals surface area (Å²) in [5.41, 5.74) is 9.22. The molecule has 0 radical (unpaired) electrons. The maximum atomic E-state index is 5.66. The second-order valence-electron chi connectivity index (χ2n) is 3.63. The summed E-state index contributed by atoms with van der Waals surface area (Å²) >= 11 is 0. The minimum atomic E-state index is 0.413. The first kappa shape index (κ1) is 9.40. The first-order valence-electron chi connectivity index (χ1n) is 5.16. The number of rotatable bonds is 2. The van der Waals surface area contributed by atoms with Gasteiger partial charge in [0.15, 0.2) is 0 Å². The zero-order chi connectivity index (χ0) is 9.97. The lowest BCUT2D eigenvalue weighted by atomic mass is 10.0. The van der Waals surface area contributed by atoms with Gasteiger partial charge in [-0.15, -0.1) is 0 Å². The Bertz CT molecular complexity index is 335. The quantitative estimate of drug-likeness (QED) is 0.722. The maximum Gasteiger partial charge on any atom is 0.220 e. The highest BCUT2D eigenvalue weighted by Crippen LogP contribution is 2.17.